The highest BCUT2D eigenvalue weighted by Crippen LogP contribution is 2.30. The van der Waals surface area contributed by atoms with Crippen LogP contribution in [0.3, 0.4) is 0 Å². The summed E-state index contributed by atoms with van der Waals surface area (Å²) in [5.74, 6) is 0. The van der Waals surface area contributed by atoms with Gasteiger partial charge in [0, 0.05) is 26.7 Å². The van der Waals surface area contributed by atoms with Crippen molar-refractivity contribution in [1.82, 2.24) is 5.32 Å². The van der Waals surface area contributed by atoms with Crippen molar-refractivity contribution in [2.45, 2.75) is 19.3 Å². The fourth-order valence-corrected chi connectivity index (χ4v) is 2.75. The van der Waals surface area contributed by atoms with Crippen molar-refractivity contribution in [3.8, 4) is 0 Å². The molecule has 0 bridgehead atoms. The van der Waals surface area contributed by atoms with Gasteiger partial charge in [-0.3, -0.25) is 0 Å². The van der Waals surface area contributed by atoms with Crippen molar-refractivity contribution in [2.24, 2.45) is 0 Å². The SMILES string of the molecule is CC(C)(CNCC=O)c1cc(Br)cs1. The Morgan fingerprint density at radius 3 is 2.86 bits per heavy atom. The number of hydrogen-bond acceptors (Lipinski definition) is 3. The highest BCUT2D eigenvalue weighted by atomic mass is 79.9. The monoisotopic (exact) mass is 275 g/mol. The maximum absolute atomic E-state index is 10.2. The quantitative estimate of drug-likeness (QED) is 0.661. The smallest absolute Gasteiger partial charge is 0.133 e. The summed E-state index contributed by atoms with van der Waals surface area (Å²) in [7, 11) is 0. The van der Waals surface area contributed by atoms with Gasteiger partial charge >= 0.3 is 0 Å². The Bertz CT molecular complexity index is 309. The second-order valence-corrected chi connectivity index (χ2v) is 5.64. The van der Waals surface area contributed by atoms with Crippen LogP contribution in [0.15, 0.2) is 15.9 Å². The van der Waals surface area contributed by atoms with Crippen LogP contribution in [0.2, 0.25) is 0 Å². The fraction of sp³-hybridized carbons (Fsp3) is 0.500. The summed E-state index contributed by atoms with van der Waals surface area (Å²) in [5, 5.41) is 5.19. The van der Waals surface area contributed by atoms with Crippen LogP contribution < -0.4 is 5.32 Å². The Hall–Kier alpha value is -0.190. The molecule has 14 heavy (non-hydrogen) atoms. The minimum Gasteiger partial charge on any atom is -0.309 e. The summed E-state index contributed by atoms with van der Waals surface area (Å²) in [6.07, 6.45) is 0.889. The molecule has 4 heteroatoms. The van der Waals surface area contributed by atoms with E-state index < -0.39 is 0 Å². The zero-order valence-electron chi connectivity index (χ0n) is 8.34. The normalized spacial score (nSPS) is 11.6. The van der Waals surface area contributed by atoms with Gasteiger partial charge in [-0.2, -0.15) is 0 Å². The molecule has 0 fully saturated rings. The van der Waals surface area contributed by atoms with Crippen molar-refractivity contribution in [3.63, 3.8) is 0 Å². The van der Waals surface area contributed by atoms with E-state index in [0.29, 0.717) is 6.54 Å². The zero-order valence-corrected chi connectivity index (χ0v) is 10.7. The third-order valence-electron chi connectivity index (χ3n) is 2.03. The number of hydrogen-bond donors (Lipinski definition) is 1. The first-order valence-electron chi connectivity index (χ1n) is 4.45. The topological polar surface area (TPSA) is 29.1 Å². The zero-order chi connectivity index (χ0) is 10.6. The lowest BCUT2D eigenvalue weighted by atomic mass is 9.91. The van der Waals surface area contributed by atoms with E-state index in [-0.39, 0.29) is 5.41 Å². The van der Waals surface area contributed by atoms with E-state index in [1.165, 1.54) is 4.88 Å². The van der Waals surface area contributed by atoms with Gasteiger partial charge in [0.2, 0.25) is 0 Å². The lowest BCUT2D eigenvalue weighted by Crippen LogP contribution is -2.33. The minimum atomic E-state index is 0.0830. The van der Waals surface area contributed by atoms with Crippen LogP contribution in [-0.4, -0.2) is 19.4 Å². The van der Waals surface area contributed by atoms with Crippen molar-refractivity contribution in [2.75, 3.05) is 13.1 Å². The average molecular weight is 276 g/mol. The summed E-state index contributed by atoms with van der Waals surface area (Å²) in [6.45, 7) is 5.58. The molecule has 0 aromatic carbocycles. The lowest BCUT2D eigenvalue weighted by Gasteiger charge is -2.23. The Balaban J connectivity index is 2.60. The molecule has 0 aliphatic carbocycles. The van der Waals surface area contributed by atoms with Gasteiger partial charge in [0.05, 0.1) is 6.54 Å². The largest absolute Gasteiger partial charge is 0.309 e. The van der Waals surface area contributed by atoms with E-state index >= 15 is 0 Å². The highest BCUT2D eigenvalue weighted by Gasteiger charge is 2.21. The number of carbonyl (C=O) groups excluding carboxylic acids is 1. The third kappa shape index (κ3) is 3.19. The lowest BCUT2D eigenvalue weighted by molar-refractivity contribution is -0.107. The van der Waals surface area contributed by atoms with E-state index in [0.717, 1.165) is 17.3 Å². The number of carbonyl (C=O) groups is 1. The van der Waals surface area contributed by atoms with E-state index in [9.17, 15) is 4.79 Å². The molecule has 1 aromatic rings. The number of thiophene rings is 1. The van der Waals surface area contributed by atoms with Crippen LogP contribution in [-0.2, 0) is 10.2 Å². The van der Waals surface area contributed by atoms with Gasteiger partial charge in [-0.05, 0) is 22.0 Å². The van der Waals surface area contributed by atoms with Gasteiger partial charge in [-0.25, -0.2) is 0 Å². The molecule has 0 saturated carbocycles. The fourth-order valence-electron chi connectivity index (χ4n) is 1.20. The predicted octanol–water partition coefficient (Wildman–Crippen LogP) is 2.58. The van der Waals surface area contributed by atoms with Crippen LogP contribution in [0.25, 0.3) is 0 Å². The second-order valence-electron chi connectivity index (χ2n) is 3.81. The molecule has 1 heterocycles. The van der Waals surface area contributed by atoms with E-state index in [1.807, 2.05) is 0 Å². The van der Waals surface area contributed by atoms with Gasteiger partial charge in [-0.1, -0.05) is 13.8 Å². The minimum absolute atomic E-state index is 0.0830. The molecular formula is C10H14BrNOS. The number of aldehydes is 1. The Labute approximate surface area is 96.8 Å². The Kier molecular flexibility index (Phi) is 4.29. The molecule has 0 saturated heterocycles. The first kappa shape index (κ1) is 11.9. The van der Waals surface area contributed by atoms with Crippen molar-refractivity contribution in [3.05, 3.63) is 20.8 Å². The molecule has 0 amide bonds. The predicted molar refractivity (Wildman–Crippen MR) is 64.0 cm³/mol. The Morgan fingerprint density at radius 2 is 2.36 bits per heavy atom. The molecule has 2 nitrogen and oxygen atoms in total. The molecule has 0 atom stereocenters. The summed E-state index contributed by atoms with van der Waals surface area (Å²) < 4.78 is 1.13. The van der Waals surface area contributed by atoms with Gasteiger partial charge in [0.1, 0.15) is 6.29 Å². The van der Waals surface area contributed by atoms with Gasteiger partial charge in [0.15, 0.2) is 0 Å². The van der Waals surface area contributed by atoms with Crippen LogP contribution in [0, 0.1) is 0 Å². The van der Waals surface area contributed by atoms with Crippen molar-refractivity contribution in [1.29, 1.82) is 0 Å². The maximum atomic E-state index is 10.2. The number of halogens is 1. The molecular weight excluding hydrogens is 262 g/mol. The Morgan fingerprint density at radius 1 is 1.64 bits per heavy atom. The van der Waals surface area contributed by atoms with Gasteiger partial charge < -0.3 is 10.1 Å². The van der Waals surface area contributed by atoms with E-state index in [1.54, 1.807) is 11.3 Å². The molecule has 0 unspecified atom stereocenters. The second kappa shape index (κ2) is 5.05. The van der Waals surface area contributed by atoms with E-state index in [2.05, 4.69) is 46.5 Å². The third-order valence-corrected chi connectivity index (χ3v) is 4.09. The summed E-state index contributed by atoms with van der Waals surface area (Å²) in [4.78, 5) is 11.5. The van der Waals surface area contributed by atoms with Gasteiger partial charge in [0.25, 0.3) is 0 Å². The van der Waals surface area contributed by atoms with Crippen LogP contribution >= 0.6 is 27.3 Å². The molecule has 1 rings (SSSR count). The summed E-state index contributed by atoms with van der Waals surface area (Å²) in [5.41, 5.74) is 0.0830. The van der Waals surface area contributed by atoms with Crippen LogP contribution in [0.5, 0.6) is 0 Å². The number of nitrogens with one attached hydrogen (secondary N) is 1. The van der Waals surface area contributed by atoms with Crippen LogP contribution in [0.1, 0.15) is 18.7 Å². The molecule has 78 valence electrons. The number of rotatable bonds is 5. The molecule has 0 aliphatic heterocycles. The maximum Gasteiger partial charge on any atom is 0.133 e. The first-order valence-corrected chi connectivity index (χ1v) is 6.12. The molecule has 0 spiro atoms. The van der Waals surface area contributed by atoms with Gasteiger partial charge in [-0.15, -0.1) is 11.3 Å². The summed E-state index contributed by atoms with van der Waals surface area (Å²) >= 11 is 5.18. The first-order chi connectivity index (χ1) is 6.56. The molecule has 0 radical (unpaired) electrons. The van der Waals surface area contributed by atoms with Crippen molar-refractivity contribution < 1.29 is 4.79 Å². The standard InChI is InChI=1S/C10H14BrNOS/c1-10(2,7-12-3-4-13)9-5-8(11)6-14-9/h4-6,12H,3,7H2,1-2H3. The molecule has 1 N–H and O–H groups in total. The highest BCUT2D eigenvalue weighted by molar-refractivity contribution is 9.10. The van der Waals surface area contributed by atoms with E-state index in [4.69, 9.17) is 0 Å². The molecule has 0 aliphatic rings. The molecule has 1 aromatic heterocycles. The summed E-state index contributed by atoms with van der Waals surface area (Å²) in [6, 6.07) is 2.13. The van der Waals surface area contributed by atoms with Crippen molar-refractivity contribution >= 4 is 33.6 Å². The average Bonchev–Trinajstić information content (AvgIpc) is 2.53. The van der Waals surface area contributed by atoms with Crippen LogP contribution in [0.4, 0.5) is 0 Å².